The molecule has 1 aromatic rings. The Morgan fingerprint density at radius 3 is 2.53 bits per heavy atom. The molecule has 0 spiro atoms. The normalized spacial score (nSPS) is 31.1. The number of hydrogen-bond acceptors (Lipinski definition) is 7. The largest absolute Gasteiger partial charge is 0.368 e. The first-order valence-corrected chi connectivity index (χ1v) is 12.4. The summed E-state index contributed by atoms with van der Waals surface area (Å²) in [4.78, 5) is 37.3. The summed E-state index contributed by atoms with van der Waals surface area (Å²) in [6, 6.07) is 0. The van der Waals surface area contributed by atoms with Gasteiger partial charge in [0.05, 0.1) is 12.2 Å². The number of aromatic amines is 1. The SMILES string of the molecule is Cc1cn([C@@H]2O[C@@]3(CC(C)(C)C)CO[C@@H]2[C@@H]3OP(O)(=S)OC(C)(C)C)c(=O)[nH]c1=O. The minimum Gasteiger partial charge on any atom is -0.368 e. The van der Waals surface area contributed by atoms with E-state index < -0.39 is 47.6 Å². The molecule has 1 aromatic heterocycles. The summed E-state index contributed by atoms with van der Waals surface area (Å²) in [5, 5.41) is 0. The highest BCUT2D eigenvalue weighted by molar-refractivity contribution is 8.07. The minimum atomic E-state index is -3.63. The first-order chi connectivity index (χ1) is 13.5. The Bertz CT molecular complexity index is 977. The van der Waals surface area contributed by atoms with Gasteiger partial charge in [-0.3, -0.25) is 18.9 Å². The first kappa shape index (κ1) is 23.8. The number of hydrogen-bond donors (Lipinski definition) is 2. The second kappa shape index (κ2) is 7.62. The predicted molar refractivity (Wildman–Crippen MR) is 115 cm³/mol. The molecule has 0 radical (unpaired) electrons. The molecule has 5 atom stereocenters. The van der Waals surface area contributed by atoms with Crippen LogP contribution in [0.15, 0.2) is 15.8 Å². The number of fused-ring (bicyclic) bond motifs is 2. The van der Waals surface area contributed by atoms with Gasteiger partial charge in [-0.25, -0.2) is 4.79 Å². The Morgan fingerprint density at radius 1 is 1.33 bits per heavy atom. The number of ether oxygens (including phenoxy) is 2. The van der Waals surface area contributed by atoms with Gasteiger partial charge in [-0.2, -0.15) is 0 Å². The van der Waals surface area contributed by atoms with Crippen LogP contribution in [0.1, 0.15) is 59.8 Å². The molecule has 1 unspecified atom stereocenters. The van der Waals surface area contributed by atoms with Gasteiger partial charge in [-0.1, -0.05) is 20.8 Å². The first-order valence-electron chi connectivity index (χ1n) is 9.85. The Hall–Kier alpha value is -0.870. The lowest BCUT2D eigenvalue weighted by atomic mass is 9.80. The molecule has 0 saturated carbocycles. The van der Waals surface area contributed by atoms with Crippen LogP contribution in [-0.4, -0.2) is 44.5 Å². The van der Waals surface area contributed by atoms with E-state index in [1.807, 2.05) is 0 Å². The van der Waals surface area contributed by atoms with Crippen molar-refractivity contribution in [1.82, 2.24) is 9.55 Å². The van der Waals surface area contributed by atoms with Crippen LogP contribution in [0.4, 0.5) is 0 Å². The third-order valence-electron chi connectivity index (χ3n) is 4.86. The van der Waals surface area contributed by atoms with Crippen LogP contribution in [0.25, 0.3) is 0 Å². The zero-order valence-electron chi connectivity index (χ0n) is 18.4. The highest BCUT2D eigenvalue weighted by Crippen LogP contribution is 2.58. The predicted octanol–water partition coefficient (Wildman–Crippen LogP) is 2.36. The molecule has 2 aliphatic heterocycles. The van der Waals surface area contributed by atoms with E-state index in [2.05, 4.69) is 25.8 Å². The van der Waals surface area contributed by atoms with Gasteiger partial charge in [0, 0.05) is 11.8 Å². The molecule has 3 rings (SSSR count). The van der Waals surface area contributed by atoms with Crippen molar-refractivity contribution in [2.24, 2.45) is 5.41 Å². The quantitative estimate of drug-likeness (QED) is 0.642. The summed E-state index contributed by atoms with van der Waals surface area (Å²) >= 11 is 5.27. The number of aromatic nitrogens is 2. The number of rotatable bonds is 5. The number of aryl methyl sites for hydroxylation is 1. The van der Waals surface area contributed by atoms with Crippen LogP contribution in [0.3, 0.4) is 0 Å². The van der Waals surface area contributed by atoms with Crippen LogP contribution in [0.5, 0.6) is 0 Å². The summed E-state index contributed by atoms with van der Waals surface area (Å²) in [6.45, 7) is 9.71. The Labute approximate surface area is 180 Å². The molecule has 0 amide bonds. The Kier molecular flexibility index (Phi) is 6.04. The van der Waals surface area contributed by atoms with Crippen molar-refractivity contribution in [3.63, 3.8) is 0 Å². The molecule has 3 heterocycles. The molecule has 9 nitrogen and oxygen atoms in total. The van der Waals surface area contributed by atoms with E-state index in [9.17, 15) is 14.5 Å². The van der Waals surface area contributed by atoms with Gasteiger partial charge in [0.25, 0.3) is 5.56 Å². The monoisotopic (exact) mass is 462 g/mol. The molecule has 2 aliphatic rings. The van der Waals surface area contributed by atoms with E-state index in [-0.39, 0.29) is 12.0 Å². The van der Waals surface area contributed by atoms with Crippen LogP contribution < -0.4 is 11.2 Å². The Balaban J connectivity index is 2.01. The smallest absolute Gasteiger partial charge is 0.330 e. The van der Waals surface area contributed by atoms with E-state index in [1.165, 1.54) is 10.8 Å². The molecule has 30 heavy (non-hydrogen) atoms. The topological polar surface area (TPSA) is 112 Å². The minimum absolute atomic E-state index is 0.163. The molecule has 0 aromatic carbocycles. The van der Waals surface area contributed by atoms with Crippen molar-refractivity contribution < 1.29 is 23.4 Å². The van der Waals surface area contributed by atoms with Gasteiger partial charge in [0.15, 0.2) is 6.23 Å². The number of nitrogens with one attached hydrogen (secondary N) is 1. The molecular weight excluding hydrogens is 431 g/mol. The lowest BCUT2D eigenvalue weighted by molar-refractivity contribution is -0.184. The Morgan fingerprint density at radius 2 is 1.97 bits per heavy atom. The van der Waals surface area contributed by atoms with Crippen LogP contribution in [0, 0.1) is 12.3 Å². The lowest BCUT2D eigenvalue weighted by Gasteiger charge is -2.37. The molecule has 2 bridgehead atoms. The fourth-order valence-electron chi connectivity index (χ4n) is 4.10. The number of H-pyrrole nitrogens is 1. The molecule has 11 heteroatoms. The summed E-state index contributed by atoms with van der Waals surface area (Å²) in [6.07, 6.45) is -0.288. The number of nitrogens with zero attached hydrogens (tertiary/aromatic N) is 1. The zero-order valence-corrected chi connectivity index (χ0v) is 20.1. The summed E-state index contributed by atoms with van der Waals surface area (Å²) in [7, 11) is 0. The summed E-state index contributed by atoms with van der Waals surface area (Å²) in [5.41, 5.74) is -2.48. The third-order valence-corrected chi connectivity index (χ3v) is 6.61. The fourth-order valence-corrected chi connectivity index (χ4v) is 6.38. The van der Waals surface area contributed by atoms with E-state index in [1.54, 1.807) is 27.7 Å². The van der Waals surface area contributed by atoms with E-state index in [0.717, 1.165) is 0 Å². The molecular formula is C19H31N2O7PS. The van der Waals surface area contributed by atoms with Gasteiger partial charge in [0.1, 0.15) is 17.8 Å². The van der Waals surface area contributed by atoms with Crippen LogP contribution >= 0.6 is 6.72 Å². The van der Waals surface area contributed by atoms with E-state index in [0.29, 0.717) is 12.0 Å². The summed E-state index contributed by atoms with van der Waals surface area (Å²) < 4.78 is 25.3. The van der Waals surface area contributed by atoms with E-state index >= 15 is 0 Å². The zero-order chi connectivity index (χ0) is 22.7. The second-order valence-electron chi connectivity index (χ2n) is 10.3. The molecule has 2 fully saturated rings. The van der Waals surface area contributed by atoms with Gasteiger partial charge in [0.2, 0.25) is 0 Å². The molecule has 170 valence electrons. The van der Waals surface area contributed by atoms with Crippen molar-refractivity contribution in [1.29, 1.82) is 0 Å². The molecule has 2 N–H and O–H groups in total. The highest BCUT2D eigenvalue weighted by atomic mass is 32.5. The van der Waals surface area contributed by atoms with E-state index in [4.69, 9.17) is 30.3 Å². The average molecular weight is 463 g/mol. The molecule has 2 saturated heterocycles. The van der Waals surface area contributed by atoms with Crippen molar-refractivity contribution in [3.05, 3.63) is 32.6 Å². The standard InChI is InChI=1S/C19H31N2O7PS/c1-11-8-21(16(23)20-14(11)22)15-12-13(27-29(24,30)28-18(5,6)7)19(26-15,10-25-12)9-17(2,3)4/h8,12-13,15H,9-10H2,1-7H3,(H,24,30)(H,20,22,23)/t12-,13+,15-,19+,29?/m1/s1. The van der Waals surface area contributed by atoms with Crippen LogP contribution in [-0.2, 0) is 30.3 Å². The highest BCUT2D eigenvalue weighted by Gasteiger charge is 2.65. The van der Waals surface area contributed by atoms with Gasteiger partial charge in [-0.15, -0.1) is 0 Å². The second-order valence-corrected chi connectivity index (χ2v) is 13.0. The maximum atomic E-state index is 12.5. The average Bonchev–Trinajstić information content (AvgIpc) is 2.96. The fraction of sp³-hybridized carbons (Fsp3) is 0.789. The molecule has 0 aliphatic carbocycles. The van der Waals surface area contributed by atoms with Crippen molar-refractivity contribution in [2.45, 2.75) is 84.5 Å². The van der Waals surface area contributed by atoms with Crippen molar-refractivity contribution in [2.75, 3.05) is 6.61 Å². The van der Waals surface area contributed by atoms with Gasteiger partial charge >= 0.3 is 12.4 Å². The van der Waals surface area contributed by atoms with Crippen LogP contribution in [0.2, 0.25) is 0 Å². The third kappa shape index (κ3) is 4.96. The van der Waals surface area contributed by atoms with Crippen molar-refractivity contribution in [3.8, 4) is 0 Å². The van der Waals surface area contributed by atoms with Gasteiger partial charge in [-0.05, 0) is 51.3 Å². The van der Waals surface area contributed by atoms with Crippen molar-refractivity contribution >= 4 is 18.5 Å². The summed E-state index contributed by atoms with van der Waals surface area (Å²) in [5.74, 6) is 0. The maximum absolute atomic E-state index is 12.5. The van der Waals surface area contributed by atoms with Gasteiger partial charge < -0.3 is 18.9 Å². The lowest BCUT2D eigenvalue weighted by Crippen LogP contribution is -2.45. The maximum Gasteiger partial charge on any atom is 0.330 e.